The summed E-state index contributed by atoms with van der Waals surface area (Å²) in [5.74, 6) is -1.36. The Kier molecular flexibility index (Phi) is 6.22. The molecular weight excluding hydrogens is 367 g/mol. The van der Waals surface area contributed by atoms with Gasteiger partial charge >= 0.3 is 5.97 Å². The van der Waals surface area contributed by atoms with Crippen molar-refractivity contribution in [3.05, 3.63) is 57.3 Å². The van der Waals surface area contributed by atoms with Gasteiger partial charge in [0, 0.05) is 11.8 Å². The number of nitrogens with one attached hydrogen (secondary N) is 2. The first kappa shape index (κ1) is 19.0. The SMILES string of the molecule is CC(=O)c1c[nH]c(C(=O)OCC(=O)N[C@H](C)c2ccc(Cl)c(Cl)c2)c1. The van der Waals surface area contributed by atoms with Gasteiger partial charge in [0.1, 0.15) is 5.69 Å². The van der Waals surface area contributed by atoms with Crippen molar-refractivity contribution in [1.82, 2.24) is 10.3 Å². The Balaban J connectivity index is 1.87. The van der Waals surface area contributed by atoms with E-state index < -0.39 is 18.5 Å². The van der Waals surface area contributed by atoms with Crippen LogP contribution >= 0.6 is 23.2 Å². The standard InChI is InChI=1S/C17H16Cl2N2O4/c1-9(11-3-4-13(18)14(19)5-11)21-16(23)8-25-17(24)15-6-12(7-20-15)10(2)22/h3-7,9,20H,8H2,1-2H3,(H,21,23)/t9-/m1/s1. The molecule has 0 bridgehead atoms. The topological polar surface area (TPSA) is 88.3 Å². The first-order chi connectivity index (χ1) is 11.8. The van der Waals surface area contributed by atoms with Gasteiger partial charge in [-0.1, -0.05) is 29.3 Å². The van der Waals surface area contributed by atoms with Crippen molar-refractivity contribution in [2.45, 2.75) is 19.9 Å². The van der Waals surface area contributed by atoms with Crippen molar-refractivity contribution >= 4 is 40.9 Å². The lowest BCUT2D eigenvalue weighted by molar-refractivity contribution is -0.124. The van der Waals surface area contributed by atoms with Gasteiger partial charge in [-0.15, -0.1) is 0 Å². The van der Waals surface area contributed by atoms with E-state index in [2.05, 4.69) is 10.3 Å². The summed E-state index contributed by atoms with van der Waals surface area (Å²) in [7, 11) is 0. The highest BCUT2D eigenvalue weighted by molar-refractivity contribution is 6.42. The molecule has 1 amide bonds. The van der Waals surface area contributed by atoms with Gasteiger partial charge in [0.25, 0.3) is 5.91 Å². The minimum absolute atomic E-state index is 0.107. The second-order valence-corrected chi connectivity index (χ2v) is 6.21. The summed E-state index contributed by atoms with van der Waals surface area (Å²) in [6, 6.07) is 6.08. The van der Waals surface area contributed by atoms with Crippen LogP contribution in [0.4, 0.5) is 0 Å². The molecule has 1 aromatic heterocycles. The number of Topliss-reactive ketones (excluding diaryl/α,β-unsaturated/α-hetero) is 1. The molecular formula is C17H16Cl2N2O4. The number of halogens is 2. The van der Waals surface area contributed by atoms with Crippen LogP contribution in [0.1, 0.15) is 46.3 Å². The van der Waals surface area contributed by atoms with E-state index in [0.29, 0.717) is 15.6 Å². The molecule has 0 aliphatic carbocycles. The van der Waals surface area contributed by atoms with Crippen molar-refractivity contribution in [1.29, 1.82) is 0 Å². The molecule has 0 aliphatic heterocycles. The molecule has 2 rings (SSSR count). The molecule has 1 aromatic carbocycles. The first-order valence-corrected chi connectivity index (χ1v) is 8.14. The third-order valence-corrected chi connectivity index (χ3v) is 4.20. The number of carbonyl (C=O) groups is 3. The monoisotopic (exact) mass is 382 g/mol. The minimum Gasteiger partial charge on any atom is -0.451 e. The molecule has 2 aromatic rings. The number of carbonyl (C=O) groups excluding carboxylic acids is 3. The molecule has 0 unspecified atom stereocenters. The van der Waals surface area contributed by atoms with E-state index in [9.17, 15) is 14.4 Å². The number of amides is 1. The molecule has 1 heterocycles. The minimum atomic E-state index is -0.718. The number of aromatic nitrogens is 1. The second-order valence-electron chi connectivity index (χ2n) is 5.40. The van der Waals surface area contributed by atoms with Gasteiger partial charge in [0.05, 0.1) is 16.1 Å². The van der Waals surface area contributed by atoms with E-state index in [1.165, 1.54) is 19.2 Å². The van der Waals surface area contributed by atoms with Crippen molar-refractivity contribution in [2.75, 3.05) is 6.61 Å². The number of esters is 1. The molecule has 0 saturated carbocycles. The Morgan fingerprint density at radius 1 is 1.20 bits per heavy atom. The van der Waals surface area contributed by atoms with Gasteiger partial charge in [-0.25, -0.2) is 4.79 Å². The predicted molar refractivity (Wildman–Crippen MR) is 94.1 cm³/mol. The number of hydrogen-bond donors (Lipinski definition) is 2. The molecule has 0 fully saturated rings. The molecule has 1 atom stereocenters. The lowest BCUT2D eigenvalue weighted by atomic mass is 10.1. The molecule has 0 spiro atoms. The smallest absolute Gasteiger partial charge is 0.355 e. The summed E-state index contributed by atoms with van der Waals surface area (Å²) >= 11 is 11.8. The van der Waals surface area contributed by atoms with Crippen LogP contribution in [-0.4, -0.2) is 29.3 Å². The predicted octanol–water partition coefficient (Wildman–Crippen LogP) is 3.56. The number of ether oxygens (including phenoxy) is 1. The largest absolute Gasteiger partial charge is 0.451 e. The third kappa shape index (κ3) is 5.08. The van der Waals surface area contributed by atoms with Crippen LogP contribution in [0.15, 0.2) is 30.5 Å². The van der Waals surface area contributed by atoms with E-state index >= 15 is 0 Å². The van der Waals surface area contributed by atoms with Crippen LogP contribution in [-0.2, 0) is 9.53 Å². The number of rotatable bonds is 6. The van der Waals surface area contributed by atoms with Crippen LogP contribution in [0, 0.1) is 0 Å². The van der Waals surface area contributed by atoms with Crippen molar-refractivity contribution in [2.24, 2.45) is 0 Å². The lowest BCUT2D eigenvalue weighted by Crippen LogP contribution is -2.31. The maximum Gasteiger partial charge on any atom is 0.355 e. The maximum atomic E-state index is 11.9. The summed E-state index contributed by atoms with van der Waals surface area (Å²) in [6.45, 7) is 2.71. The number of hydrogen-bond acceptors (Lipinski definition) is 4. The van der Waals surface area contributed by atoms with Gasteiger partial charge in [0.15, 0.2) is 12.4 Å². The molecule has 6 nitrogen and oxygen atoms in total. The van der Waals surface area contributed by atoms with Crippen LogP contribution < -0.4 is 5.32 Å². The zero-order valence-corrected chi connectivity index (χ0v) is 15.1. The van der Waals surface area contributed by atoms with Crippen LogP contribution in [0.25, 0.3) is 0 Å². The van der Waals surface area contributed by atoms with Gasteiger partial charge in [-0.05, 0) is 37.6 Å². The molecule has 8 heteroatoms. The number of benzene rings is 1. The normalized spacial score (nSPS) is 11.7. The fourth-order valence-electron chi connectivity index (χ4n) is 2.07. The Hall–Kier alpha value is -2.31. The van der Waals surface area contributed by atoms with Gasteiger partial charge < -0.3 is 15.0 Å². The van der Waals surface area contributed by atoms with Gasteiger partial charge in [0.2, 0.25) is 0 Å². The summed E-state index contributed by atoms with van der Waals surface area (Å²) < 4.78 is 4.92. The quantitative estimate of drug-likeness (QED) is 0.590. The number of ketones is 1. The van der Waals surface area contributed by atoms with Crippen LogP contribution in [0.5, 0.6) is 0 Å². The van der Waals surface area contributed by atoms with Gasteiger partial charge in [-0.2, -0.15) is 0 Å². The van der Waals surface area contributed by atoms with Crippen molar-refractivity contribution in [3.8, 4) is 0 Å². The van der Waals surface area contributed by atoms with Crippen molar-refractivity contribution in [3.63, 3.8) is 0 Å². The Bertz CT molecular complexity index is 817. The van der Waals surface area contributed by atoms with Gasteiger partial charge in [-0.3, -0.25) is 9.59 Å². The van der Waals surface area contributed by atoms with E-state index in [-0.39, 0.29) is 17.5 Å². The van der Waals surface area contributed by atoms with Crippen LogP contribution in [0.3, 0.4) is 0 Å². The van der Waals surface area contributed by atoms with E-state index in [4.69, 9.17) is 27.9 Å². The zero-order valence-electron chi connectivity index (χ0n) is 13.6. The number of aromatic amines is 1. The Morgan fingerprint density at radius 3 is 2.52 bits per heavy atom. The summed E-state index contributed by atoms with van der Waals surface area (Å²) in [5.41, 5.74) is 1.24. The summed E-state index contributed by atoms with van der Waals surface area (Å²) in [4.78, 5) is 37.6. The average Bonchev–Trinajstić information content (AvgIpc) is 3.05. The van der Waals surface area contributed by atoms with E-state index in [1.54, 1.807) is 25.1 Å². The molecule has 0 saturated heterocycles. The highest BCUT2D eigenvalue weighted by atomic mass is 35.5. The molecule has 0 aliphatic rings. The fraction of sp³-hybridized carbons (Fsp3) is 0.235. The molecule has 0 radical (unpaired) electrons. The van der Waals surface area contributed by atoms with E-state index in [0.717, 1.165) is 5.56 Å². The second kappa shape index (κ2) is 8.18. The Labute approximate surface area is 154 Å². The summed E-state index contributed by atoms with van der Waals surface area (Å²) in [6.07, 6.45) is 1.41. The van der Waals surface area contributed by atoms with Crippen molar-refractivity contribution < 1.29 is 19.1 Å². The molecule has 25 heavy (non-hydrogen) atoms. The molecule has 2 N–H and O–H groups in total. The zero-order chi connectivity index (χ0) is 18.6. The third-order valence-electron chi connectivity index (χ3n) is 3.46. The average molecular weight is 383 g/mol. The maximum absolute atomic E-state index is 11.9. The Morgan fingerprint density at radius 2 is 1.92 bits per heavy atom. The summed E-state index contributed by atoms with van der Waals surface area (Å²) in [5, 5.41) is 3.50. The fourth-order valence-corrected chi connectivity index (χ4v) is 2.38. The highest BCUT2D eigenvalue weighted by Gasteiger charge is 2.16. The van der Waals surface area contributed by atoms with E-state index in [1.807, 2.05) is 0 Å². The number of H-pyrrole nitrogens is 1. The first-order valence-electron chi connectivity index (χ1n) is 7.38. The lowest BCUT2D eigenvalue weighted by Gasteiger charge is -2.15. The molecule has 132 valence electrons. The highest BCUT2D eigenvalue weighted by Crippen LogP contribution is 2.25. The van der Waals surface area contributed by atoms with Crippen LogP contribution in [0.2, 0.25) is 10.0 Å².